The second-order valence-corrected chi connectivity index (χ2v) is 5.22. The molecule has 1 aromatic carbocycles. The van der Waals surface area contributed by atoms with Gasteiger partial charge < -0.3 is 15.0 Å². The number of anilines is 1. The van der Waals surface area contributed by atoms with Gasteiger partial charge >= 0.3 is 0 Å². The van der Waals surface area contributed by atoms with E-state index in [2.05, 4.69) is 21.8 Å². The molecule has 0 saturated heterocycles. The van der Waals surface area contributed by atoms with Crippen LogP contribution in [0.3, 0.4) is 0 Å². The number of pyridine rings is 1. The van der Waals surface area contributed by atoms with E-state index < -0.39 is 0 Å². The number of nitrogens with zero attached hydrogens (tertiary/aromatic N) is 2. The van der Waals surface area contributed by atoms with Crippen molar-refractivity contribution in [1.82, 2.24) is 9.97 Å². The smallest absolute Gasteiger partial charge is 0.142 e. The number of aliphatic hydroxyl groups excluding tert-OH is 1. The minimum atomic E-state index is -0.362. The van der Waals surface area contributed by atoms with E-state index in [1.165, 1.54) is 12.3 Å². The molecule has 2 N–H and O–H groups in total. The number of halogens is 1. The quantitative estimate of drug-likeness (QED) is 0.731. The zero-order valence-electron chi connectivity index (χ0n) is 12.7. The van der Waals surface area contributed by atoms with Crippen molar-refractivity contribution in [3.8, 4) is 11.8 Å². The van der Waals surface area contributed by atoms with E-state index in [0.717, 1.165) is 11.3 Å². The highest BCUT2D eigenvalue weighted by Gasteiger charge is 2.01. The molecule has 23 heavy (non-hydrogen) atoms. The molecular formula is C18H16FN3O. The van der Waals surface area contributed by atoms with Crippen LogP contribution in [-0.2, 0) is 0 Å². The predicted octanol–water partition coefficient (Wildman–Crippen LogP) is 2.53. The van der Waals surface area contributed by atoms with Crippen LogP contribution in [0, 0.1) is 17.7 Å². The molecule has 2 heterocycles. The zero-order valence-corrected chi connectivity index (χ0v) is 12.7. The fraction of sp³-hybridized carbons (Fsp3) is 0.167. The lowest BCUT2D eigenvalue weighted by molar-refractivity contribution is 0.304. The topological polar surface area (TPSA) is 52.1 Å². The summed E-state index contributed by atoms with van der Waals surface area (Å²) in [6, 6.07) is 11.0. The fourth-order valence-corrected chi connectivity index (χ4v) is 2.27. The number of hydrogen-bond acceptors (Lipinski definition) is 3. The van der Waals surface area contributed by atoms with Crippen LogP contribution < -0.4 is 4.90 Å². The molecule has 0 aliphatic carbocycles. The molecule has 0 aliphatic heterocycles. The average molecular weight is 309 g/mol. The zero-order chi connectivity index (χ0) is 16.2. The molecule has 5 heteroatoms. The Morgan fingerprint density at radius 1 is 1.22 bits per heavy atom. The number of likely N-dealkylation sites (N-methyl/N-ethyl adjacent to an activating group) is 1. The van der Waals surface area contributed by atoms with Crippen molar-refractivity contribution in [3.63, 3.8) is 0 Å². The Morgan fingerprint density at radius 3 is 2.74 bits per heavy atom. The lowest BCUT2D eigenvalue weighted by Crippen LogP contribution is -2.20. The summed E-state index contributed by atoms with van der Waals surface area (Å²) < 4.78 is 13.1. The molecule has 0 radical (unpaired) electrons. The summed E-state index contributed by atoms with van der Waals surface area (Å²) in [5.74, 6) is 5.72. The summed E-state index contributed by atoms with van der Waals surface area (Å²) in [7, 11) is 1.92. The molecule has 0 saturated carbocycles. The minimum absolute atomic E-state index is 0.118. The van der Waals surface area contributed by atoms with Crippen molar-refractivity contribution in [2.75, 3.05) is 25.1 Å². The Hall–Kier alpha value is -2.84. The Labute approximate surface area is 133 Å². The van der Waals surface area contributed by atoms with Crippen LogP contribution in [0.5, 0.6) is 0 Å². The molecule has 4 nitrogen and oxygen atoms in total. The summed E-state index contributed by atoms with van der Waals surface area (Å²) in [4.78, 5) is 9.00. The maximum atomic E-state index is 13.1. The lowest BCUT2D eigenvalue weighted by atomic mass is 10.2. The van der Waals surface area contributed by atoms with Gasteiger partial charge in [0.15, 0.2) is 0 Å². The lowest BCUT2D eigenvalue weighted by Gasteiger charge is -2.17. The van der Waals surface area contributed by atoms with Gasteiger partial charge in [0.2, 0.25) is 0 Å². The van der Waals surface area contributed by atoms with Crippen molar-refractivity contribution in [2.24, 2.45) is 0 Å². The van der Waals surface area contributed by atoms with Crippen LogP contribution in [0.1, 0.15) is 11.3 Å². The molecule has 0 fully saturated rings. The number of hydrogen-bond donors (Lipinski definition) is 2. The molecule has 3 rings (SSSR count). The number of fused-ring (bicyclic) bond motifs is 1. The predicted molar refractivity (Wildman–Crippen MR) is 88.8 cm³/mol. The third kappa shape index (κ3) is 3.50. The molecule has 3 aromatic rings. The highest BCUT2D eigenvalue weighted by molar-refractivity contribution is 5.77. The molecule has 0 aliphatic rings. The van der Waals surface area contributed by atoms with Gasteiger partial charge in [0, 0.05) is 30.2 Å². The van der Waals surface area contributed by atoms with Crippen LogP contribution in [0.4, 0.5) is 10.1 Å². The third-order valence-electron chi connectivity index (χ3n) is 3.52. The van der Waals surface area contributed by atoms with E-state index in [4.69, 9.17) is 5.11 Å². The van der Waals surface area contributed by atoms with Crippen LogP contribution in [0.25, 0.3) is 11.0 Å². The highest BCUT2D eigenvalue weighted by Crippen LogP contribution is 2.15. The molecule has 0 bridgehead atoms. The van der Waals surface area contributed by atoms with Crippen LogP contribution >= 0.6 is 0 Å². The van der Waals surface area contributed by atoms with Gasteiger partial charge in [0.05, 0.1) is 18.5 Å². The molecule has 0 unspecified atom stereocenters. The highest BCUT2D eigenvalue weighted by atomic mass is 19.1. The Kier molecular flexibility index (Phi) is 4.26. The second kappa shape index (κ2) is 6.51. The van der Waals surface area contributed by atoms with Crippen LogP contribution in [0.15, 0.2) is 42.6 Å². The maximum absolute atomic E-state index is 13.1. The first-order chi connectivity index (χ1) is 11.2. The summed E-state index contributed by atoms with van der Waals surface area (Å²) in [6.07, 6.45) is 1.18. The number of aromatic nitrogens is 2. The van der Waals surface area contributed by atoms with E-state index in [1.54, 1.807) is 6.07 Å². The van der Waals surface area contributed by atoms with Crippen molar-refractivity contribution in [1.29, 1.82) is 0 Å². The Morgan fingerprint density at radius 2 is 2.00 bits per heavy atom. The fourth-order valence-electron chi connectivity index (χ4n) is 2.27. The molecular weight excluding hydrogens is 293 g/mol. The maximum Gasteiger partial charge on any atom is 0.142 e. The van der Waals surface area contributed by atoms with E-state index in [9.17, 15) is 4.39 Å². The normalized spacial score (nSPS) is 10.4. The van der Waals surface area contributed by atoms with Gasteiger partial charge in [0.1, 0.15) is 11.5 Å². The number of aliphatic hydroxyl groups is 1. The first-order valence-corrected chi connectivity index (χ1v) is 7.24. The number of H-pyrrole nitrogens is 1. The molecule has 0 spiro atoms. The summed E-state index contributed by atoms with van der Waals surface area (Å²) >= 11 is 0. The van der Waals surface area contributed by atoms with Crippen LogP contribution in [-0.4, -0.2) is 35.3 Å². The number of nitrogens with one attached hydrogen (secondary N) is 1. The monoisotopic (exact) mass is 309 g/mol. The van der Waals surface area contributed by atoms with Crippen molar-refractivity contribution >= 4 is 16.7 Å². The second-order valence-electron chi connectivity index (χ2n) is 5.22. The first-order valence-electron chi connectivity index (χ1n) is 7.24. The van der Waals surface area contributed by atoms with E-state index in [1.807, 2.05) is 36.2 Å². The molecule has 0 atom stereocenters. The Balaban J connectivity index is 1.80. The summed E-state index contributed by atoms with van der Waals surface area (Å²) in [6.45, 7) is 0.705. The largest absolute Gasteiger partial charge is 0.395 e. The van der Waals surface area contributed by atoms with Gasteiger partial charge in [-0.25, -0.2) is 9.37 Å². The average Bonchev–Trinajstić information content (AvgIpc) is 2.95. The van der Waals surface area contributed by atoms with Gasteiger partial charge in [-0.15, -0.1) is 0 Å². The standard InChI is InChI=1S/C18H16FN3O/c1-22(8-9-23)17-6-3-13(4-7-17)2-5-16-11-14-10-15(19)12-20-18(14)21-16/h3-4,6-7,10-12,23H,8-9H2,1H3,(H,20,21). The van der Waals surface area contributed by atoms with E-state index in [0.29, 0.717) is 23.3 Å². The van der Waals surface area contributed by atoms with Gasteiger partial charge in [-0.1, -0.05) is 5.92 Å². The molecule has 116 valence electrons. The van der Waals surface area contributed by atoms with Crippen molar-refractivity contribution in [3.05, 3.63) is 59.7 Å². The first kappa shape index (κ1) is 15.1. The van der Waals surface area contributed by atoms with Crippen LogP contribution in [0.2, 0.25) is 0 Å². The molecule has 2 aromatic heterocycles. The Bertz CT molecular complexity index is 875. The van der Waals surface area contributed by atoms with Gasteiger partial charge in [-0.3, -0.25) is 0 Å². The van der Waals surface area contributed by atoms with E-state index in [-0.39, 0.29) is 12.4 Å². The number of rotatable bonds is 3. The summed E-state index contributed by atoms with van der Waals surface area (Å²) in [5, 5.41) is 9.65. The van der Waals surface area contributed by atoms with Gasteiger partial charge in [0.25, 0.3) is 0 Å². The van der Waals surface area contributed by atoms with Crippen molar-refractivity contribution in [2.45, 2.75) is 0 Å². The van der Waals surface area contributed by atoms with E-state index >= 15 is 0 Å². The number of aromatic amines is 1. The molecule has 0 amide bonds. The SMILES string of the molecule is CN(CCO)c1ccc(C#Cc2cc3cc(F)cnc3[nH]2)cc1. The third-order valence-corrected chi connectivity index (χ3v) is 3.52. The van der Waals surface area contributed by atoms with Gasteiger partial charge in [-0.2, -0.15) is 0 Å². The van der Waals surface area contributed by atoms with Crippen molar-refractivity contribution < 1.29 is 9.50 Å². The number of benzene rings is 1. The van der Waals surface area contributed by atoms with Gasteiger partial charge in [-0.05, 0) is 42.3 Å². The minimum Gasteiger partial charge on any atom is -0.395 e. The summed E-state index contributed by atoms with van der Waals surface area (Å²) in [5.41, 5.74) is 3.22.